The molecular formula is C23H26N6O3. The molecule has 2 fully saturated rings. The fourth-order valence-corrected chi connectivity index (χ4v) is 4.28. The van der Waals surface area contributed by atoms with E-state index in [4.69, 9.17) is 4.74 Å². The Kier molecular flexibility index (Phi) is 5.72. The van der Waals surface area contributed by atoms with Gasteiger partial charge < -0.3 is 19.4 Å². The fraction of sp³-hybridized carbons (Fsp3) is 0.391. The predicted molar refractivity (Wildman–Crippen MR) is 119 cm³/mol. The van der Waals surface area contributed by atoms with E-state index in [2.05, 4.69) is 15.0 Å². The van der Waals surface area contributed by atoms with Crippen LogP contribution in [0.3, 0.4) is 0 Å². The number of pyridine rings is 1. The summed E-state index contributed by atoms with van der Waals surface area (Å²) in [4.78, 5) is 36.3. The maximum absolute atomic E-state index is 13.1. The number of amides is 2. The molecule has 32 heavy (non-hydrogen) atoms. The van der Waals surface area contributed by atoms with E-state index in [0.717, 1.165) is 29.8 Å². The Morgan fingerprint density at radius 1 is 0.875 bits per heavy atom. The third kappa shape index (κ3) is 4.03. The summed E-state index contributed by atoms with van der Waals surface area (Å²) in [5, 5.41) is 5.35. The highest BCUT2D eigenvalue weighted by Gasteiger charge is 2.26. The number of aromatic nitrogens is 3. The Morgan fingerprint density at radius 2 is 1.62 bits per heavy atom. The number of hydrogen-bond donors (Lipinski definition) is 0. The first-order valence-electron chi connectivity index (χ1n) is 11.0. The molecule has 0 saturated carbocycles. The Bertz CT molecular complexity index is 1100. The van der Waals surface area contributed by atoms with Crippen LogP contribution >= 0.6 is 0 Å². The molecular weight excluding hydrogens is 408 g/mol. The average Bonchev–Trinajstić information content (AvgIpc) is 3.23. The molecule has 0 bridgehead atoms. The van der Waals surface area contributed by atoms with Crippen LogP contribution in [0.4, 0.5) is 5.82 Å². The summed E-state index contributed by atoms with van der Waals surface area (Å²) in [6.07, 6.45) is 1.78. The van der Waals surface area contributed by atoms with Crippen LogP contribution in [0.1, 0.15) is 10.5 Å². The lowest BCUT2D eigenvalue weighted by Crippen LogP contribution is -2.49. The lowest BCUT2D eigenvalue weighted by atomic mass is 10.2. The highest BCUT2D eigenvalue weighted by molar-refractivity contribution is 6.05. The monoisotopic (exact) mass is 434 g/mol. The van der Waals surface area contributed by atoms with Gasteiger partial charge >= 0.3 is 0 Å². The zero-order valence-electron chi connectivity index (χ0n) is 17.9. The number of anilines is 1. The first-order chi connectivity index (χ1) is 15.7. The molecule has 2 aliphatic heterocycles. The highest BCUT2D eigenvalue weighted by atomic mass is 16.5. The number of carbonyl (C=O) groups is 2. The fourth-order valence-electron chi connectivity index (χ4n) is 4.28. The van der Waals surface area contributed by atoms with Crippen molar-refractivity contribution in [1.82, 2.24) is 24.6 Å². The lowest BCUT2D eigenvalue weighted by Gasteiger charge is -2.35. The van der Waals surface area contributed by atoms with Crippen molar-refractivity contribution in [2.24, 2.45) is 0 Å². The molecule has 4 heterocycles. The predicted octanol–water partition coefficient (Wildman–Crippen LogP) is 1.25. The van der Waals surface area contributed by atoms with Gasteiger partial charge in [-0.15, -0.1) is 0 Å². The summed E-state index contributed by atoms with van der Waals surface area (Å²) >= 11 is 0. The van der Waals surface area contributed by atoms with Gasteiger partial charge in [-0.3, -0.25) is 14.3 Å². The number of hydrogen-bond acceptors (Lipinski definition) is 6. The number of carbonyl (C=O) groups excluding carboxylic acids is 2. The second-order valence-corrected chi connectivity index (χ2v) is 7.98. The summed E-state index contributed by atoms with van der Waals surface area (Å²) in [5.74, 6) is 0.827. The summed E-state index contributed by atoms with van der Waals surface area (Å²) in [6.45, 7) is 5.04. The molecule has 0 spiro atoms. The van der Waals surface area contributed by atoms with Gasteiger partial charge in [-0.05, 0) is 18.2 Å². The van der Waals surface area contributed by atoms with Crippen LogP contribution in [0.15, 0.2) is 48.7 Å². The first-order valence-corrected chi connectivity index (χ1v) is 11.0. The van der Waals surface area contributed by atoms with Crippen LogP contribution in [-0.2, 0) is 16.1 Å². The van der Waals surface area contributed by atoms with E-state index in [0.29, 0.717) is 45.1 Å². The molecule has 2 aliphatic rings. The average molecular weight is 435 g/mol. The molecule has 0 aliphatic carbocycles. The molecule has 166 valence electrons. The number of rotatable bonds is 4. The molecule has 9 nitrogen and oxygen atoms in total. The smallest absolute Gasteiger partial charge is 0.275 e. The van der Waals surface area contributed by atoms with E-state index >= 15 is 0 Å². The number of fused-ring (bicyclic) bond motifs is 1. The number of morpholine rings is 1. The van der Waals surface area contributed by atoms with Gasteiger partial charge in [-0.1, -0.05) is 24.3 Å². The van der Waals surface area contributed by atoms with Crippen molar-refractivity contribution in [1.29, 1.82) is 0 Å². The molecule has 2 aromatic heterocycles. The van der Waals surface area contributed by atoms with Crippen LogP contribution in [0.2, 0.25) is 0 Å². The summed E-state index contributed by atoms with van der Waals surface area (Å²) in [6, 6.07) is 13.4. The molecule has 2 saturated heterocycles. The van der Waals surface area contributed by atoms with Crippen molar-refractivity contribution in [3.8, 4) is 0 Å². The van der Waals surface area contributed by atoms with Gasteiger partial charge in [0.1, 0.15) is 12.4 Å². The standard InChI is InChI=1S/C23H26N6O3/c30-21(27-11-9-26(10-12-27)20-7-3-4-8-24-20)17-29-19-6-2-1-5-18(19)22(25-29)23(31)28-13-15-32-16-14-28/h1-8H,9-17H2. The van der Waals surface area contributed by atoms with E-state index in [1.807, 2.05) is 47.4 Å². The SMILES string of the molecule is O=C(Cn1nc(C(=O)N2CCOCC2)c2ccccc21)N1CCN(c2ccccn2)CC1. The minimum atomic E-state index is -0.111. The van der Waals surface area contributed by atoms with Gasteiger partial charge in [0.2, 0.25) is 5.91 Å². The summed E-state index contributed by atoms with van der Waals surface area (Å²) in [5.41, 5.74) is 1.19. The van der Waals surface area contributed by atoms with Crippen LogP contribution in [-0.4, -0.2) is 88.9 Å². The van der Waals surface area contributed by atoms with Gasteiger partial charge in [0.15, 0.2) is 5.69 Å². The maximum atomic E-state index is 13.1. The molecule has 1 aromatic carbocycles. The molecule has 0 radical (unpaired) electrons. The summed E-state index contributed by atoms with van der Waals surface area (Å²) in [7, 11) is 0. The van der Waals surface area contributed by atoms with Crippen molar-refractivity contribution in [3.63, 3.8) is 0 Å². The lowest BCUT2D eigenvalue weighted by molar-refractivity contribution is -0.132. The van der Waals surface area contributed by atoms with Gasteiger partial charge in [-0.2, -0.15) is 5.10 Å². The number of ether oxygens (including phenoxy) is 1. The second kappa shape index (κ2) is 8.96. The minimum absolute atomic E-state index is 0.00398. The third-order valence-electron chi connectivity index (χ3n) is 6.05. The molecule has 0 atom stereocenters. The largest absolute Gasteiger partial charge is 0.378 e. The van der Waals surface area contributed by atoms with Crippen LogP contribution in [0.25, 0.3) is 10.9 Å². The second-order valence-electron chi connectivity index (χ2n) is 7.98. The minimum Gasteiger partial charge on any atom is -0.378 e. The van der Waals surface area contributed by atoms with Crippen molar-refractivity contribution in [3.05, 3.63) is 54.4 Å². The molecule has 2 amide bonds. The van der Waals surface area contributed by atoms with Crippen molar-refractivity contribution < 1.29 is 14.3 Å². The molecule has 9 heteroatoms. The first kappa shape index (κ1) is 20.4. The summed E-state index contributed by atoms with van der Waals surface area (Å²) < 4.78 is 7.02. The zero-order valence-corrected chi connectivity index (χ0v) is 17.9. The maximum Gasteiger partial charge on any atom is 0.275 e. The zero-order chi connectivity index (χ0) is 21.9. The molecule has 0 unspecified atom stereocenters. The number of benzene rings is 1. The Labute approximate surface area is 186 Å². The quantitative estimate of drug-likeness (QED) is 0.615. The van der Waals surface area contributed by atoms with Gasteiger partial charge in [0.25, 0.3) is 5.91 Å². The van der Waals surface area contributed by atoms with E-state index in [-0.39, 0.29) is 18.4 Å². The van der Waals surface area contributed by atoms with E-state index in [1.165, 1.54) is 0 Å². The van der Waals surface area contributed by atoms with E-state index in [1.54, 1.807) is 15.8 Å². The third-order valence-corrected chi connectivity index (χ3v) is 6.05. The topological polar surface area (TPSA) is 83.8 Å². The van der Waals surface area contributed by atoms with Gasteiger partial charge in [0.05, 0.1) is 18.7 Å². The Morgan fingerprint density at radius 3 is 2.38 bits per heavy atom. The van der Waals surface area contributed by atoms with E-state index in [9.17, 15) is 9.59 Å². The molecule has 3 aromatic rings. The van der Waals surface area contributed by atoms with Crippen molar-refractivity contribution >= 4 is 28.5 Å². The number of para-hydroxylation sites is 1. The normalized spacial score (nSPS) is 17.1. The van der Waals surface area contributed by atoms with Crippen LogP contribution in [0, 0.1) is 0 Å². The van der Waals surface area contributed by atoms with Crippen LogP contribution in [0.5, 0.6) is 0 Å². The molecule has 0 N–H and O–H groups in total. The van der Waals surface area contributed by atoms with Crippen LogP contribution < -0.4 is 4.90 Å². The van der Waals surface area contributed by atoms with Gasteiger partial charge in [0, 0.05) is 50.9 Å². The Hall–Kier alpha value is -3.46. The number of piperazine rings is 1. The molecule has 5 rings (SSSR count). The van der Waals surface area contributed by atoms with Crippen molar-refractivity contribution in [2.45, 2.75) is 6.54 Å². The Balaban J connectivity index is 1.30. The van der Waals surface area contributed by atoms with Crippen molar-refractivity contribution in [2.75, 3.05) is 57.4 Å². The van der Waals surface area contributed by atoms with Gasteiger partial charge in [-0.25, -0.2) is 4.98 Å². The highest BCUT2D eigenvalue weighted by Crippen LogP contribution is 2.21. The van der Waals surface area contributed by atoms with E-state index < -0.39 is 0 Å². The number of nitrogens with zero attached hydrogens (tertiary/aromatic N) is 6.